The molecule has 3 amide bonds. The predicted octanol–water partition coefficient (Wildman–Crippen LogP) is -1.45. The molecule has 0 spiro atoms. The van der Waals surface area contributed by atoms with E-state index in [0.717, 1.165) is 4.90 Å². The lowest BCUT2D eigenvalue weighted by Gasteiger charge is -2.39. The number of nitrogens with one attached hydrogen (secondary N) is 4. The highest BCUT2D eigenvalue weighted by molar-refractivity contribution is 6.08. The number of rotatable bonds is 8. The van der Waals surface area contributed by atoms with Crippen molar-refractivity contribution >= 4 is 35.3 Å². The Balaban J connectivity index is 2.47. The van der Waals surface area contributed by atoms with Crippen LogP contribution in [0.4, 0.5) is 5.69 Å². The van der Waals surface area contributed by atoms with E-state index in [1.165, 1.54) is 6.92 Å². The van der Waals surface area contributed by atoms with Crippen LogP contribution in [0.1, 0.15) is 31.7 Å². The second-order valence-electron chi connectivity index (χ2n) is 7.22. The number of benzene rings is 1. The van der Waals surface area contributed by atoms with Crippen LogP contribution in [0.3, 0.4) is 0 Å². The van der Waals surface area contributed by atoms with Gasteiger partial charge in [-0.25, -0.2) is 0 Å². The number of carboxylic acid groups (broad SMARTS) is 1. The minimum atomic E-state index is -2.20. The summed E-state index contributed by atoms with van der Waals surface area (Å²) in [5, 5.41) is 24.3. The fraction of sp³-hybridized carbons (Fsp3) is 0.421. The molecule has 1 aromatic rings. The molecule has 1 aliphatic rings. The first-order valence-corrected chi connectivity index (χ1v) is 9.62. The number of carbonyl (C=O) groups is 4. The van der Waals surface area contributed by atoms with Gasteiger partial charge in [0, 0.05) is 20.0 Å². The zero-order chi connectivity index (χ0) is 23.2. The molecule has 0 bridgehead atoms. The Bertz CT molecular complexity index is 890. The standard InChI is InChI=1S/C19H27N7O5/c1-11(27)25-13(6-4-8-23-18(20)21)16(30)26-14-7-3-2-5-12(14)10-24-17(31)19(26,22)9-15(28)29/h2-3,5,7,13H,4,6,8-10,22H2,1H3,(H,24,31)(H,25,27)(H,28,29)(H4,20,21,23). The van der Waals surface area contributed by atoms with E-state index in [1.807, 2.05) is 0 Å². The molecule has 2 rings (SSSR count). The highest BCUT2D eigenvalue weighted by atomic mass is 16.4. The van der Waals surface area contributed by atoms with Gasteiger partial charge in [-0.3, -0.25) is 35.2 Å². The lowest BCUT2D eigenvalue weighted by Crippen LogP contribution is -2.69. The molecule has 1 heterocycles. The van der Waals surface area contributed by atoms with Crippen molar-refractivity contribution in [1.82, 2.24) is 16.0 Å². The van der Waals surface area contributed by atoms with Crippen molar-refractivity contribution in [2.75, 3.05) is 11.4 Å². The number of para-hydroxylation sites is 1. The molecule has 0 fully saturated rings. The summed E-state index contributed by atoms with van der Waals surface area (Å²) in [5.74, 6) is -3.61. The fourth-order valence-corrected chi connectivity index (χ4v) is 3.42. The second kappa shape index (κ2) is 9.89. The van der Waals surface area contributed by atoms with Crippen LogP contribution in [0.15, 0.2) is 24.3 Å². The molecule has 1 aromatic carbocycles. The maximum Gasteiger partial charge on any atom is 0.307 e. The number of hydrogen-bond acceptors (Lipinski definition) is 6. The maximum atomic E-state index is 13.6. The number of hydrogen-bond donors (Lipinski definition) is 7. The quantitative estimate of drug-likeness (QED) is 0.146. The van der Waals surface area contributed by atoms with Gasteiger partial charge in [0.15, 0.2) is 11.6 Å². The molecular weight excluding hydrogens is 406 g/mol. The summed E-state index contributed by atoms with van der Waals surface area (Å²) < 4.78 is 0. The summed E-state index contributed by atoms with van der Waals surface area (Å²) in [5.41, 5.74) is 10.2. The monoisotopic (exact) mass is 433 g/mol. The molecule has 0 saturated carbocycles. The van der Waals surface area contributed by atoms with Crippen molar-refractivity contribution in [3.8, 4) is 0 Å². The minimum absolute atomic E-state index is 0.0602. The van der Waals surface area contributed by atoms with E-state index in [2.05, 4.69) is 16.0 Å². The molecule has 0 radical (unpaired) electrons. The van der Waals surface area contributed by atoms with Gasteiger partial charge < -0.3 is 26.8 Å². The van der Waals surface area contributed by atoms with Crippen molar-refractivity contribution in [3.05, 3.63) is 29.8 Å². The second-order valence-corrected chi connectivity index (χ2v) is 7.22. The first kappa shape index (κ1) is 23.6. The first-order chi connectivity index (χ1) is 14.6. The number of carboxylic acids is 1. The van der Waals surface area contributed by atoms with Crippen molar-refractivity contribution in [2.24, 2.45) is 11.5 Å². The van der Waals surface area contributed by atoms with Crippen LogP contribution in [0.2, 0.25) is 0 Å². The summed E-state index contributed by atoms with van der Waals surface area (Å²) in [7, 11) is 0. The van der Waals surface area contributed by atoms with Crippen LogP contribution >= 0.6 is 0 Å². The molecule has 9 N–H and O–H groups in total. The third-order valence-electron chi connectivity index (χ3n) is 4.77. The highest BCUT2D eigenvalue weighted by Crippen LogP contribution is 2.31. The Morgan fingerprint density at radius 1 is 1.35 bits per heavy atom. The summed E-state index contributed by atoms with van der Waals surface area (Å²) in [4.78, 5) is 50.6. The average molecular weight is 433 g/mol. The summed E-state index contributed by atoms with van der Waals surface area (Å²) >= 11 is 0. The lowest BCUT2D eigenvalue weighted by molar-refractivity contribution is -0.143. The Morgan fingerprint density at radius 2 is 2.03 bits per heavy atom. The van der Waals surface area contributed by atoms with Gasteiger partial charge in [0.1, 0.15) is 6.04 Å². The largest absolute Gasteiger partial charge is 0.481 e. The molecule has 31 heavy (non-hydrogen) atoms. The van der Waals surface area contributed by atoms with Crippen LogP contribution in [-0.2, 0) is 25.7 Å². The number of carbonyl (C=O) groups excluding carboxylic acids is 3. The van der Waals surface area contributed by atoms with Crippen molar-refractivity contribution < 1.29 is 24.3 Å². The lowest BCUT2D eigenvalue weighted by atomic mass is 9.99. The summed E-state index contributed by atoms with van der Waals surface area (Å²) in [6.07, 6.45) is -0.339. The van der Waals surface area contributed by atoms with Crippen LogP contribution < -0.4 is 32.3 Å². The average Bonchev–Trinajstić information content (AvgIpc) is 2.77. The molecule has 1 aliphatic heterocycles. The predicted molar refractivity (Wildman–Crippen MR) is 112 cm³/mol. The normalized spacial score (nSPS) is 18.8. The Hall–Kier alpha value is -3.67. The van der Waals surface area contributed by atoms with Gasteiger partial charge in [0.25, 0.3) is 11.8 Å². The topological polar surface area (TPSA) is 204 Å². The Morgan fingerprint density at radius 3 is 2.65 bits per heavy atom. The molecule has 0 aromatic heterocycles. The zero-order valence-electron chi connectivity index (χ0n) is 17.1. The van der Waals surface area contributed by atoms with E-state index in [9.17, 15) is 24.3 Å². The molecule has 2 unspecified atom stereocenters. The Kier molecular flexibility index (Phi) is 7.53. The minimum Gasteiger partial charge on any atom is -0.481 e. The maximum absolute atomic E-state index is 13.6. The van der Waals surface area contributed by atoms with Gasteiger partial charge >= 0.3 is 5.97 Å². The number of nitrogens with zero attached hydrogens (tertiary/aromatic N) is 1. The third-order valence-corrected chi connectivity index (χ3v) is 4.77. The number of fused-ring (bicyclic) bond motifs is 1. The fourth-order valence-electron chi connectivity index (χ4n) is 3.42. The van der Waals surface area contributed by atoms with Gasteiger partial charge in [-0.1, -0.05) is 18.2 Å². The molecular formula is C19H27N7O5. The van der Waals surface area contributed by atoms with E-state index >= 15 is 0 Å². The number of aliphatic carboxylic acids is 1. The van der Waals surface area contributed by atoms with Crippen LogP contribution in [0.25, 0.3) is 0 Å². The van der Waals surface area contributed by atoms with Crippen molar-refractivity contribution in [3.63, 3.8) is 0 Å². The molecule has 12 heteroatoms. The highest BCUT2D eigenvalue weighted by Gasteiger charge is 2.49. The molecule has 2 atom stereocenters. The van der Waals surface area contributed by atoms with Crippen LogP contribution in [-0.4, -0.2) is 53.0 Å². The number of amides is 3. The van der Waals surface area contributed by atoms with E-state index in [0.29, 0.717) is 12.0 Å². The Labute approximate surface area is 178 Å². The van der Waals surface area contributed by atoms with E-state index in [1.54, 1.807) is 24.3 Å². The third kappa shape index (κ3) is 5.69. The first-order valence-electron chi connectivity index (χ1n) is 9.62. The van der Waals surface area contributed by atoms with Crippen molar-refractivity contribution in [2.45, 2.75) is 44.4 Å². The van der Waals surface area contributed by atoms with Gasteiger partial charge in [-0.2, -0.15) is 0 Å². The van der Waals surface area contributed by atoms with E-state index in [4.69, 9.17) is 16.9 Å². The van der Waals surface area contributed by atoms with Gasteiger partial charge in [0.05, 0.1) is 12.1 Å². The number of nitrogens with two attached hydrogens (primary N) is 2. The van der Waals surface area contributed by atoms with E-state index in [-0.39, 0.29) is 31.2 Å². The van der Waals surface area contributed by atoms with Gasteiger partial charge in [-0.05, 0) is 24.5 Å². The summed E-state index contributed by atoms with van der Waals surface area (Å²) in [6, 6.07) is 5.53. The number of anilines is 1. The van der Waals surface area contributed by atoms with Crippen molar-refractivity contribution in [1.29, 1.82) is 5.41 Å². The van der Waals surface area contributed by atoms with Gasteiger partial charge in [-0.15, -0.1) is 0 Å². The van der Waals surface area contributed by atoms with Crippen LogP contribution in [0, 0.1) is 5.41 Å². The SMILES string of the molecule is CC(=O)NC(CCCNC(=N)N)C(=O)N1c2ccccc2CNC(=O)C1(N)CC(=O)O. The molecule has 12 nitrogen and oxygen atoms in total. The molecule has 168 valence electrons. The zero-order valence-corrected chi connectivity index (χ0v) is 17.1. The molecule has 0 aliphatic carbocycles. The van der Waals surface area contributed by atoms with Gasteiger partial charge in [0.2, 0.25) is 5.91 Å². The number of guanidine groups is 1. The molecule has 0 saturated heterocycles. The summed E-state index contributed by atoms with van der Waals surface area (Å²) in [6.45, 7) is 1.58. The smallest absolute Gasteiger partial charge is 0.307 e. The van der Waals surface area contributed by atoms with E-state index < -0.39 is 41.8 Å². The van der Waals surface area contributed by atoms with Crippen LogP contribution in [0.5, 0.6) is 0 Å².